The van der Waals surface area contributed by atoms with Gasteiger partial charge in [-0.25, -0.2) is 0 Å². The topological polar surface area (TPSA) is 19.9 Å². The number of nitrogens with two attached hydrogens (primary N) is 1. The van der Waals surface area contributed by atoms with E-state index in [-0.39, 0.29) is 0 Å². The summed E-state index contributed by atoms with van der Waals surface area (Å²) in [4.78, 5) is 3.47. The van der Waals surface area contributed by atoms with Crippen LogP contribution in [-0.4, -0.2) is 26.4 Å². The molecule has 0 aromatic heterocycles. The molecule has 0 bridgehead atoms. The summed E-state index contributed by atoms with van der Waals surface area (Å²) in [5.74, 6) is 0.990. The molecule has 0 heterocycles. The van der Waals surface area contributed by atoms with Crippen LogP contribution in [0, 0.1) is 0 Å². The van der Waals surface area contributed by atoms with Gasteiger partial charge >= 0.3 is 0 Å². The molecule has 3 heteroatoms. The first kappa shape index (κ1) is 16.7. The Morgan fingerprint density at radius 2 is 1.77 bits per heavy atom. The van der Waals surface area contributed by atoms with E-state index in [1.54, 1.807) is 0 Å². The Hall–Kier alpha value is -1.71. The van der Waals surface area contributed by atoms with Crippen molar-refractivity contribution in [2.75, 3.05) is 31.3 Å². The van der Waals surface area contributed by atoms with Crippen LogP contribution in [0.5, 0.6) is 0 Å². The van der Waals surface area contributed by atoms with Gasteiger partial charge in [0, 0.05) is 31.6 Å². The zero-order chi connectivity index (χ0) is 15.8. The predicted octanol–water partition coefficient (Wildman–Crippen LogP) is 3.77. The molecule has 0 saturated carbocycles. The Morgan fingerprint density at radius 3 is 2.45 bits per heavy atom. The summed E-state index contributed by atoms with van der Waals surface area (Å²) in [5, 5.41) is 2.28. The lowest BCUT2D eigenvalue weighted by Gasteiger charge is -2.11. The molecule has 0 radical (unpaired) electrons. The number of para-hydroxylation sites is 1. The van der Waals surface area contributed by atoms with Crippen molar-refractivity contribution in [1.82, 2.24) is 0 Å². The number of quaternary nitrogens is 1. The third-order valence-electron chi connectivity index (χ3n) is 3.40. The fourth-order valence-electron chi connectivity index (χ4n) is 2.21. The number of hydrogen-bond acceptors (Lipinski definition) is 2. The molecule has 2 rings (SSSR count). The third-order valence-corrected chi connectivity index (χ3v) is 4.44. The van der Waals surface area contributed by atoms with Gasteiger partial charge in [-0.3, -0.25) is 0 Å². The summed E-state index contributed by atoms with van der Waals surface area (Å²) in [6, 6.07) is 17.2. The van der Waals surface area contributed by atoms with Crippen LogP contribution in [0.1, 0.15) is 12.5 Å². The molecule has 0 fully saturated rings. The Bertz CT molecular complexity index is 603. The van der Waals surface area contributed by atoms with Gasteiger partial charge < -0.3 is 10.2 Å². The fourth-order valence-corrected chi connectivity index (χ4v) is 3.07. The standard InChI is InChI=1S/C19H24N2S/c1-4-20-18-9-5-6-10-19(18)22-15-7-8-16-11-13-17(14-12-16)21(2)3/h5-14,20H,4,15H2,1-3H3/p+1. The number of thioether (sulfide) groups is 1. The van der Waals surface area contributed by atoms with Gasteiger partial charge in [-0.1, -0.05) is 36.4 Å². The summed E-state index contributed by atoms with van der Waals surface area (Å²) >= 11 is 1.89. The van der Waals surface area contributed by atoms with E-state index in [1.165, 1.54) is 21.8 Å². The minimum atomic E-state index is 0.990. The van der Waals surface area contributed by atoms with Crippen LogP contribution >= 0.6 is 11.8 Å². The molecule has 0 spiro atoms. The quantitative estimate of drug-likeness (QED) is 0.620. The molecule has 0 amide bonds. The molecular formula is C19H25N2S+. The maximum atomic E-state index is 2.28. The van der Waals surface area contributed by atoms with Gasteiger partial charge in [0.05, 0.1) is 11.4 Å². The van der Waals surface area contributed by atoms with Crippen LogP contribution < -0.4 is 10.2 Å². The molecule has 0 aliphatic rings. The van der Waals surface area contributed by atoms with E-state index >= 15 is 0 Å². The van der Waals surface area contributed by atoms with Gasteiger partial charge in [0.25, 0.3) is 0 Å². The number of rotatable bonds is 7. The lowest BCUT2D eigenvalue weighted by atomic mass is 10.2. The first-order valence-electron chi connectivity index (χ1n) is 7.69. The van der Waals surface area contributed by atoms with Crippen LogP contribution in [0.15, 0.2) is 59.5 Å². The van der Waals surface area contributed by atoms with E-state index in [1.807, 2.05) is 11.8 Å². The van der Waals surface area contributed by atoms with Crippen LogP contribution in [0.25, 0.3) is 6.08 Å². The van der Waals surface area contributed by atoms with Gasteiger partial charge in [0.15, 0.2) is 0 Å². The minimum absolute atomic E-state index is 0.990. The lowest BCUT2D eigenvalue weighted by molar-refractivity contribution is -0.570. The van der Waals surface area contributed by atoms with Crippen LogP contribution in [0.3, 0.4) is 0 Å². The highest BCUT2D eigenvalue weighted by Crippen LogP contribution is 2.24. The van der Waals surface area contributed by atoms with E-state index in [0.717, 1.165) is 12.3 Å². The zero-order valence-corrected chi connectivity index (χ0v) is 14.4. The SMILES string of the molecule is CC[NH2+]c1ccccc1SCC=Cc1ccc(N(C)C)cc1. The molecule has 2 nitrogen and oxygen atoms in total. The number of hydrogen-bond donors (Lipinski definition) is 1. The summed E-state index contributed by atoms with van der Waals surface area (Å²) in [6.45, 7) is 3.25. The Labute approximate surface area is 138 Å². The van der Waals surface area contributed by atoms with Crippen molar-refractivity contribution in [3.05, 3.63) is 60.2 Å². The molecule has 2 N–H and O–H groups in total. The molecule has 0 saturated heterocycles. The van der Waals surface area contributed by atoms with Gasteiger partial charge in [-0.15, -0.1) is 11.8 Å². The van der Waals surface area contributed by atoms with Crippen molar-refractivity contribution in [3.63, 3.8) is 0 Å². The monoisotopic (exact) mass is 313 g/mol. The van der Waals surface area contributed by atoms with E-state index in [0.29, 0.717) is 0 Å². The number of anilines is 1. The van der Waals surface area contributed by atoms with Crippen molar-refractivity contribution in [2.24, 2.45) is 0 Å². The second-order valence-corrected chi connectivity index (χ2v) is 6.41. The van der Waals surface area contributed by atoms with Gasteiger partial charge in [-0.2, -0.15) is 0 Å². The van der Waals surface area contributed by atoms with Gasteiger partial charge in [0.1, 0.15) is 5.69 Å². The van der Waals surface area contributed by atoms with Crippen LogP contribution in [0.4, 0.5) is 11.4 Å². The summed E-state index contributed by atoms with van der Waals surface area (Å²) in [7, 11) is 4.12. The Balaban J connectivity index is 1.90. The molecule has 2 aromatic rings. The lowest BCUT2D eigenvalue weighted by Crippen LogP contribution is -2.77. The number of benzene rings is 2. The average Bonchev–Trinajstić information content (AvgIpc) is 2.53. The molecular weight excluding hydrogens is 288 g/mol. The molecule has 0 atom stereocenters. The highest BCUT2D eigenvalue weighted by molar-refractivity contribution is 7.99. The average molecular weight is 313 g/mol. The zero-order valence-electron chi connectivity index (χ0n) is 13.6. The van der Waals surface area contributed by atoms with E-state index in [4.69, 9.17) is 0 Å². The summed E-state index contributed by atoms with van der Waals surface area (Å²) in [6.07, 6.45) is 4.43. The Kier molecular flexibility index (Phi) is 6.56. The van der Waals surface area contributed by atoms with E-state index in [2.05, 4.69) is 91.9 Å². The molecule has 22 heavy (non-hydrogen) atoms. The molecule has 0 unspecified atom stereocenters. The highest BCUT2D eigenvalue weighted by Gasteiger charge is 2.03. The van der Waals surface area contributed by atoms with Crippen molar-refractivity contribution in [1.29, 1.82) is 0 Å². The largest absolute Gasteiger partial charge is 0.378 e. The van der Waals surface area contributed by atoms with E-state index < -0.39 is 0 Å². The van der Waals surface area contributed by atoms with Gasteiger partial charge in [0.2, 0.25) is 0 Å². The molecule has 0 aliphatic carbocycles. The predicted molar refractivity (Wildman–Crippen MR) is 99.1 cm³/mol. The number of nitrogens with zero attached hydrogens (tertiary/aromatic N) is 1. The molecule has 0 aliphatic heterocycles. The third kappa shape index (κ3) is 4.93. The first-order valence-corrected chi connectivity index (χ1v) is 8.68. The van der Waals surface area contributed by atoms with E-state index in [9.17, 15) is 0 Å². The molecule has 116 valence electrons. The fraction of sp³-hybridized carbons (Fsp3) is 0.263. The second-order valence-electron chi connectivity index (χ2n) is 5.35. The molecule has 2 aromatic carbocycles. The minimum Gasteiger partial charge on any atom is -0.378 e. The van der Waals surface area contributed by atoms with Crippen molar-refractivity contribution >= 4 is 29.2 Å². The first-order chi connectivity index (χ1) is 10.7. The Morgan fingerprint density at radius 1 is 1.05 bits per heavy atom. The maximum Gasteiger partial charge on any atom is 0.143 e. The highest BCUT2D eigenvalue weighted by atomic mass is 32.2. The summed E-state index contributed by atoms with van der Waals surface area (Å²) in [5.41, 5.74) is 3.83. The van der Waals surface area contributed by atoms with Crippen LogP contribution in [-0.2, 0) is 0 Å². The van der Waals surface area contributed by atoms with Gasteiger partial charge in [-0.05, 0) is 30.7 Å². The van der Waals surface area contributed by atoms with Crippen LogP contribution in [0.2, 0.25) is 0 Å². The summed E-state index contributed by atoms with van der Waals surface area (Å²) < 4.78 is 0. The van der Waals surface area contributed by atoms with Crippen molar-refractivity contribution in [3.8, 4) is 0 Å². The van der Waals surface area contributed by atoms with Crippen molar-refractivity contribution in [2.45, 2.75) is 11.8 Å². The smallest absolute Gasteiger partial charge is 0.143 e. The normalized spacial score (nSPS) is 11.0. The second kappa shape index (κ2) is 8.66. The van der Waals surface area contributed by atoms with Crippen molar-refractivity contribution < 1.29 is 5.32 Å². The maximum absolute atomic E-state index is 2.28.